The Balaban J connectivity index is 2.55. The van der Waals surface area contributed by atoms with Crippen molar-refractivity contribution in [1.82, 2.24) is 5.43 Å². The van der Waals surface area contributed by atoms with Crippen LogP contribution in [0, 0.1) is 0 Å². The molecular formula is C12H16N2O3. The number of methoxy groups -OCH3 is 1. The number of benzene rings is 1. The van der Waals surface area contributed by atoms with Gasteiger partial charge in [-0.25, -0.2) is 4.79 Å². The van der Waals surface area contributed by atoms with E-state index in [4.69, 9.17) is 9.84 Å². The lowest BCUT2D eigenvalue weighted by Crippen LogP contribution is -2.30. The second-order valence-electron chi connectivity index (χ2n) is 3.55. The van der Waals surface area contributed by atoms with Crippen LogP contribution in [-0.4, -0.2) is 30.1 Å². The number of nitrogens with zero attached hydrogens (tertiary/aromatic N) is 1. The van der Waals surface area contributed by atoms with E-state index in [-0.39, 0.29) is 11.9 Å². The predicted molar refractivity (Wildman–Crippen MR) is 64.8 cm³/mol. The fourth-order valence-electron chi connectivity index (χ4n) is 1.23. The number of rotatable bonds is 6. The molecule has 1 atom stereocenters. The zero-order chi connectivity index (χ0) is 12.7. The molecule has 1 aromatic carbocycles. The van der Waals surface area contributed by atoms with Crippen LogP contribution in [-0.2, 0) is 16.0 Å². The van der Waals surface area contributed by atoms with Crippen LogP contribution in [0.5, 0.6) is 0 Å². The molecule has 0 aliphatic rings. The van der Waals surface area contributed by atoms with E-state index in [1.165, 1.54) is 6.92 Å². The molecule has 1 rings (SSSR count). The molecular weight excluding hydrogens is 220 g/mol. The van der Waals surface area contributed by atoms with Crippen molar-refractivity contribution in [3.63, 3.8) is 0 Å². The molecule has 0 bridgehead atoms. The topological polar surface area (TPSA) is 70.9 Å². The average Bonchev–Trinajstić information content (AvgIpc) is 2.35. The fourth-order valence-corrected chi connectivity index (χ4v) is 1.23. The largest absolute Gasteiger partial charge is 0.477 e. The van der Waals surface area contributed by atoms with Gasteiger partial charge in [0, 0.05) is 13.5 Å². The third kappa shape index (κ3) is 4.65. The number of hydrogen-bond acceptors (Lipinski definition) is 4. The Hall–Kier alpha value is -1.88. The van der Waals surface area contributed by atoms with Crippen LogP contribution in [0.4, 0.5) is 0 Å². The van der Waals surface area contributed by atoms with E-state index < -0.39 is 5.97 Å². The minimum Gasteiger partial charge on any atom is -0.477 e. The lowest BCUT2D eigenvalue weighted by atomic mass is 10.1. The van der Waals surface area contributed by atoms with Gasteiger partial charge in [-0.3, -0.25) is 5.43 Å². The Morgan fingerprint density at radius 3 is 2.65 bits per heavy atom. The maximum absolute atomic E-state index is 10.5. The fraction of sp³-hybridized carbons (Fsp3) is 0.333. The summed E-state index contributed by atoms with van der Waals surface area (Å²) in [5, 5.41) is 12.4. The van der Waals surface area contributed by atoms with Crippen LogP contribution in [0.2, 0.25) is 0 Å². The van der Waals surface area contributed by atoms with Gasteiger partial charge in [-0.2, -0.15) is 5.10 Å². The molecule has 0 heterocycles. The van der Waals surface area contributed by atoms with Crippen molar-refractivity contribution in [2.45, 2.75) is 19.6 Å². The SMILES string of the molecule is COC(Cc1ccccc1)NN=C(C)C(=O)O. The first-order valence-electron chi connectivity index (χ1n) is 5.23. The van der Waals surface area contributed by atoms with Crippen LogP contribution in [0.25, 0.3) is 0 Å². The smallest absolute Gasteiger partial charge is 0.351 e. The van der Waals surface area contributed by atoms with Crippen molar-refractivity contribution >= 4 is 11.7 Å². The highest BCUT2D eigenvalue weighted by Gasteiger charge is 2.08. The summed E-state index contributed by atoms with van der Waals surface area (Å²) in [7, 11) is 1.55. The van der Waals surface area contributed by atoms with Crippen LogP contribution in [0.3, 0.4) is 0 Å². The second-order valence-corrected chi connectivity index (χ2v) is 3.55. The van der Waals surface area contributed by atoms with Crippen LogP contribution < -0.4 is 5.43 Å². The van der Waals surface area contributed by atoms with E-state index in [0.717, 1.165) is 5.56 Å². The Morgan fingerprint density at radius 2 is 2.12 bits per heavy atom. The van der Waals surface area contributed by atoms with Gasteiger partial charge in [0.1, 0.15) is 11.9 Å². The molecule has 0 radical (unpaired) electrons. The molecule has 0 saturated heterocycles. The number of hydrogen-bond donors (Lipinski definition) is 2. The molecule has 0 aliphatic carbocycles. The van der Waals surface area contributed by atoms with Gasteiger partial charge in [0.25, 0.3) is 0 Å². The molecule has 5 nitrogen and oxygen atoms in total. The number of hydrazone groups is 1. The number of nitrogens with one attached hydrogen (secondary N) is 1. The summed E-state index contributed by atoms with van der Waals surface area (Å²) < 4.78 is 5.17. The number of carboxylic acids is 1. The summed E-state index contributed by atoms with van der Waals surface area (Å²) in [6.07, 6.45) is 0.278. The van der Waals surface area contributed by atoms with Gasteiger partial charge >= 0.3 is 5.97 Å². The van der Waals surface area contributed by atoms with Crippen molar-refractivity contribution in [2.24, 2.45) is 5.10 Å². The Bertz CT molecular complexity index is 390. The van der Waals surface area contributed by atoms with E-state index >= 15 is 0 Å². The van der Waals surface area contributed by atoms with E-state index in [9.17, 15) is 4.79 Å². The Labute approximate surface area is 100 Å². The molecule has 92 valence electrons. The quantitative estimate of drug-likeness (QED) is 0.443. The molecule has 0 fully saturated rings. The Morgan fingerprint density at radius 1 is 1.47 bits per heavy atom. The van der Waals surface area contributed by atoms with Crippen LogP contribution in [0.1, 0.15) is 12.5 Å². The number of aliphatic carboxylic acids is 1. The van der Waals surface area contributed by atoms with Crippen LogP contribution >= 0.6 is 0 Å². The van der Waals surface area contributed by atoms with Crippen molar-refractivity contribution < 1.29 is 14.6 Å². The molecule has 5 heteroatoms. The number of carbonyl (C=O) groups is 1. The van der Waals surface area contributed by atoms with Gasteiger partial charge in [-0.15, -0.1) is 0 Å². The summed E-state index contributed by atoms with van der Waals surface area (Å²) in [6, 6.07) is 9.76. The molecule has 2 N–H and O–H groups in total. The first kappa shape index (κ1) is 13.2. The summed E-state index contributed by atoms with van der Waals surface area (Å²) in [5.74, 6) is -1.05. The van der Waals surface area contributed by atoms with Gasteiger partial charge in [-0.1, -0.05) is 30.3 Å². The molecule has 0 aromatic heterocycles. The van der Waals surface area contributed by atoms with E-state index in [0.29, 0.717) is 6.42 Å². The van der Waals surface area contributed by atoms with Crippen molar-refractivity contribution in [3.05, 3.63) is 35.9 Å². The Kier molecular flexibility index (Phi) is 5.16. The minimum absolute atomic E-state index is 0.000103. The maximum Gasteiger partial charge on any atom is 0.351 e. The number of ether oxygens (including phenoxy) is 1. The minimum atomic E-state index is -1.05. The average molecular weight is 236 g/mol. The predicted octanol–water partition coefficient (Wildman–Crippen LogP) is 1.25. The lowest BCUT2D eigenvalue weighted by molar-refractivity contribution is -0.129. The molecule has 0 amide bonds. The lowest BCUT2D eigenvalue weighted by Gasteiger charge is -2.15. The molecule has 17 heavy (non-hydrogen) atoms. The highest BCUT2D eigenvalue weighted by atomic mass is 16.5. The highest BCUT2D eigenvalue weighted by Crippen LogP contribution is 2.03. The zero-order valence-corrected chi connectivity index (χ0v) is 9.88. The maximum atomic E-state index is 10.5. The number of carboxylic acid groups (broad SMARTS) is 1. The molecule has 1 unspecified atom stereocenters. The van der Waals surface area contributed by atoms with Crippen molar-refractivity contribution in [3.8, 4) is 0 Å². The van der Waals surface area contributed by atoms with Gasteiger partial charge in [0.05, 0.1) is 0 Å². The van der Waals surface area contributed by atoms with Gasteiger partial charge in [0.15, 0.2) is 0 Å². The zero-order valence-electron chi connectivity index (χ0n) is 9.88. The van der Waals surface area contributed by atoms with Crippen molar-refractivity contribution in [2.75, 3.05) is 7.11 Å². The molecule has 0 spiro atoms. The van der Waals surface area contributed by atoms with E-state index in [2.05, 4.69) is 10.5 Å². The third-order valence-electron chi connectivity index (χ3n) is 2.23. The van der Waals surface area contributed by atoms with E-state index in [1.807, 2.05) is 30.3 Å². The summed E-state index contributed by atoms with van der Waals surface area (Å²) in [4.78, 5) is 10.5. The van der Waals surface area contributed by atoms with E-state index in [1.54, 1.807) is 7.11 Å². The van der Waals surface area contributed by atoms with Gasteiger partial charge < -0.3 is 9.84 Å². The molecule has 0 aliphatic heterocycles. The first-order valence-corrected chi connectivity index (χ1v) is 5.23. The summed E-state index contributed by atoms with van der Waals surface area (Å²) >= 11 is 0. The van der Waals surface area contributed by atoms with Gasteiger partial charge in [-0.05, 0) is 12.5 Å². The summed E-state index contributed by atoms with van der Waals surface area (Å²) in [6.45, 7) is 1.42. The first-order chi connectivity index (χ1) is 8.13. The highest BCUT2D eigenvalue weighted by molar-refractivity contribution is 6.34. The standard InChI is InChI=1S/C12H16N2O3/c1-9(12(15)16)13-14-11(17-2)8-10-6-4-3-5-7-10/h3-7,11,14H,8H2,1-2H3,(H,15,16). The van der Waals surface area contributed by atoms with Gasteiger partial charge in [0.2, 0.25) is 0 Å². The van der Waals surface area contributed by atoms with Crippen molar-refractivity contribution in [1.29, 1.82) is 0 Å². The summed E-state index contributed by atoms with van der Waals surface area (Å²) in [5.41, 5.74) is 3.78. The molecule has 1 aromatic rings. The monoisotopic (exact) mass is 236 g/mol. The molecule has 0 saturated carbocycles. The second kappa shape index (κ2) is 6.65. The van der Waals surface area contributed by atoms with Crippen LogP contribution in [0.15, 0.2) is 35.4 Å². The normalized spacial score (nSPS) is 13.2. The third-order valence-corrected chi connectivity index (χ3v) is 2.23.